The van der Waals surface area contributed by atoms with Crippen LogP contribution < -0.4 is 10.6 Å². The molecule has 0 bridgehead atoms. The van der Waals surface area contributed by atoms with Crippen molar-refractivity contribution in [1.29, 1.82) is 0 Å². The molecule has 1 heterocycles. The number of aromatic nitrogens is 2. The predicted molar refractivity (Wildman–Crippen MR) is 80.4 cm³/mol. The van der Waals surface area contributed by atoms with Crippen LogP contribution in [-0.4, -0.2) is 33.1 Å². The molecule has 0 aliphatic carbocycles. The summed E-state index contributed by atoms with van der Waals surface area (Å²) in [4.78, 5) is 20.1. The van der Waals surface area contributed by atoms with Gasteiger partial charge in [0.25, 0.3) is 5.91 Å². The maximum Gasteiger partial charge on any atom is 0.251 e. The summed E-state index contributed by atoms with van der Waals surface area (Å²) >= 11 is 0. The molecule has 6 nitrogen and oxygen atoms in total. The van der Waals surface area contributed by atoms with Crippen LogP contribution >= 0.6 is 0 Å². The Morgan fingerprint density at radius 2 is 1.81 bits per heavy atom. The first-order valence-electron chi connectivity index (χ1n) is 6.58. The second kappa shape index (κ2) is 6.32. The lowest BCUT2D eigenvalue weighted by molar-refractivity contribution is 0.0869. The molecule has 2 aromatic rings. The van der Waals surface area contributed by atoms with E-state index in [1.165, 1.54) is 0 Å². The smallest absolute Gasteiger partial charge is 0.251 e. The molecule has 110 valence electrons. The third-order valence-electron chi connectivity index (χ3n) is 2.82. The maximum atomic E-state index is 12.0. The third-order valence-corrected chi connectivity index (χ3v) is 2.82. The number of carbonyl (C=O) groups excluding carboxylic acids is 1. The van der Waals surface area contributed by atoms with Gasteiger partial charge in [-0.3, -0.25) is 4.79 Å². The number of benzene rings is 1. The zero-order valence-electron chi connectivity index (χ0n) is 12.0. The van der Waals surface area contributed by atoms with Gasteiger partial charge in [0.1, 0.15) is 0 Å². The van der Waals surface area contributed by atoms with Crippen LogP contribution in [0, 0.1) is 0 Å². The molecule has 2 rings (SSSR count). The van der Waals surface area contributed by atoms with E-state index >= 15 is 0 Å². The standard InChI is InChI=1S/C15H18N4O2/c1-15(2,10-20)19-13(21)11-4-6-12(7-5-11)18-14-16-8-3-9-17-14/h3-9,20H,10H2,1-2H3,(H,19,21)(H,16,17,18). The van der Waals surface area contributed by atoms with Gasteiger partial charge >= 0.3 is 0 Å². The summed E-state index contributed by atoms with van der Waals surface area (Å²) in [6.07, 6.45) is 3.29. The Kier molecular flexibility index (Phi) is 4.49. The van der Waals surface area contributed by atoms with Gasteiger partial charge in [0.05, 0.1) is 12.1 Å². The van der Waals surface area contributed by atoms with Crippen molar-refractivity contribution >= 4 is 17.5 Å². The van der Waals surface area contributed by atoms with Gasteiger partial charge in [0.15, 0.2) is 0 Å². The highest BCUT2D eigenvalue weighted by Gasteiger charge is 2.19. The van der Waals surface area contributed by atoms with Crippen molar-refractivity contribution in [2.45, 2.75) is 19.4 Å². The lowest BCUT2D eigenvalue weighted by Gasteiger charge is -2.23. The van der Waals surface area contributed by atoms with Gasteiger partial charge in [-0.25, -0.2) is 9.97 Å². The largest absolute Gasteiger partial charge is 0.394 e. The lowest BCUT2D eigenvalue weighted by atomic mass is 10.1. The molecule has 1 aromatic carbocycles. The van der Waals surface area contributed by atoms with Crippen molar-refractivity contribution in [3.63, 3.8) is 0 Å². The van der Waals surface area contributed by atoms with Crippen molar-refractivity contribution in [1.82, 2.24) is 15.3 Å². The lowest BCUT2D eigenvalue weighted by Crippen LogP contribution is -2.46. The van der Waals surface area contributed by atoms with E-state index in [0.29, 0.717) is 11.5 Å². The van der Waals surface area contributed by atoms with E-state index < -0.39 is 5.54 Å². The average molecular weight is 286 g/mol. The normalized spacial score (nSPS) is 11.0. The number of nitrogens with zero attached hydrogens (tertiary/aromatic N) is 2. The Bertz CT molecular complexity index is 597. The molecule has 0 spiro atoms. The zero-order valence-corrected chi connectivity index (χ0v) is 12.0. The first kappa shape index (κ1) is 14.9. The summed E-state index contributed by atoms with van der Waals surface area (Å²) < 4.78 is 0. The number of hydrogen-bond acceptors (Lipinski definition) is 5. The number of aliphatic hydroxyl groups is 1. The van der Waals surface area contributed by atoms with Crippen LogP contribution in [0.5, 0.6) is 0 Å². The van der Waals surface area contributed by atoms with Gasteiger partial charge < -0.3 is 15.7 Å². The van der Waals surface area contributed by atoms with Gasteiger partial charge in [0, 0.05) is 23.6 Å². The van der Waals surface area contributed by atoms with E-state index in [1.807, 2.05) is 0 Å². The fraction of sp³-hybridized carbons (Fsp3) is 0.267. The van der Waals surface area contributed by atoms with Gasteiger partial charge in [-0.15, -0.1) is 0 Å². The van der Waals surface area contributed by atoms with Crippen molar-refractivity contribution in [3.8, 4) is 0 Å². The molecule has 1 amide bonds. The third kappa shape index (κ3) is 4.25. The van der Waals surface area contributed by atoms with E-state index in [9.17, 15) is 4.79 Å². The summed E-state index contributed by atoms with van der Waals surface area (Å²) in [5, 5.41) is 15.0. The fourth-order valence-electron chi connectivity index (χ4n) is 1.62. The van der Waals surface area contributed by atoms with E-state index in [1.54, 1.807) is 56.6 Å². The van der Waals surface area contributed by atoms with Crippen LogP contribution in [0.15, 0.2) is 42.7 Å². The Morgan fingerprint density at radius 3 is 2.38 bits per heavy atom. The number of carbonyl (C=O) groups is 1. The molecule has 0 aliphatic heterocycles. The van der Waals surface area contributed by atoms with E-state index in [-0.39, 0.29) is 12.5 Å². The van der Waals surface area contributed by atoms with Crippen molar-refractivity contribution in [3.05, 3.63) is 48.3 Å². The highest BCUT2D eigenvalue weighted by molar-refractivity contribution is 5.95. The van der Waals surface area contributed by atoms with Crippen LogP contribution in [0.25, 0.3) is 0 Å². The number of amides is 1. The second-order valence-corrected chi connectivity index (χ2v) is 5.27. The van der Waals surface area contributed by atoms with Crippen LogP contribution in [-0.2, 0) is 0 Å². The van der Waals surface area contributed by atoms with E-state index in [2.05, 4.69) is 20.6 Å². The Morgan fingerprint density at radius 1 is 1.19 bits per heavy atom. The van der Waals surface area contributed by atoms with Crippen molar-refractivity contribution in [2.75, 3.05) is 11.9 Å². The summed E-state index contributed by atoms with van der Waals surface area (Å²) in [5.74, 6) is 0.271. The van der Waals surface area contributed by atoms with Crippen molar-refractivity contribution < 1.29 is 9.90 Å². The number of rotatable bonds is 5. The Labute approximate surface area is 123 Å². The van der Waals surface area contributed by atoms with Gasteiger partial charge in [-0.05, 0) is 44.2 Å². The molecule has 6 heteroatoms. The second-order valence-electron chi connectivity index (χ2n) is 5.27. The SMILES string of the molecule is CC(C)(CO)NC(=O)c1ccc(Nc2ncccn2)cc1. The Balaban J connectivity index is 2.03. The number of anilines is 2. The minimum Gasteiger partial charge on any atom is -0.394 e. The minimum absolute atomic E-state index is 0.121. The number of hydrogen-bond donors (Lipinski definition) is 3. The molecule has 0 radical (unpaired) electrons. The first-order valence-corrected chi connectivity index (χ1v) is 6.58. The number of aliphatic hydroxyl groups excluding tert-OH is 1. The molecule has 0 atom stereocenters. The molecule has 1 aromatic heterocycles. The van der Waals surface area contributed by atoms with Crippen LogP contribution in [0.2, 0.25) is 0 Å². The molecular formula is C15H18N4O2. The molecule has 0 saturated carbocycles. The average Bonchev–Trinajstić information content (AvgIpc) is 2.48. The molecule has 21 heavy (non-hydrogen) atoms. The van der Waals surface area contributed by atoms with E-state index in [0.717, 1.165) is 5.69 Å². The molecule has 0 saturated heterocycles. The quantitative estimate of drug-likeness (QED) is 0.779. The van der Waals surface area contributed by atoms with Gasteiger partial charge in [-0.1, -0.05) is 0 Å². The van der Waals surface area contributed by atoms with Gasteiger partial charge in [0.2, 0.25) is 5.95 Å². The van der Waals surface area contributed by atoms with E-state index in [4.69, 9.17) is 5.11 Å². The summed E-state index contributed by atoms with van der Waals surface area (Å²) in [7, 11) is 0. The molecule has 0 unspecified atom stereocenters. The molecular weight excluding hydrogens is 268 g/mol. The van der Waals surface area contributed by atoms with Gasteiger partial charge in [-0.2, -0.15) is 0 Å². The predicted octanol–water partition coefficient (Wildman–Crippen LogP) is 1.72. The molecule has 0 fully saturated rings. The number of nitrogens with one attached hydrogen (secondary N) is 2. The van der Waals surface area contributed by atoms with Crippen LogP contribution in [0.3, 0.4) is 0 Å². The van der Waals surface area contributed by atoms with Crippen LogP contribution in [0.1, 0.15) is 24.2 Å². The zero-order chi connectivity index (χ0) is 15.3. The summed E-state index contributed by atoms with van der Waals surface area (Å²) in [6.45, 7) is 3.39. The Hall–Kier alpha value is -2.47. The van der Waals surface area contributed by atoms with Crippen LogP contribution in [0.4, 0.5) is 11.6 Å². The van der Waals surface area contributed by atoms with Crippen molar-refractivity contribution in [2.24, 2.45) is 0 Å². The first-order chi connectivity index (χ1) is 10.00. The highest BCUT2D eigenvalue weighted by atomic mass is 16.3. The minimum atomic E-state index is -0.647. The summed E-state index contributed by atoms with van der Waals surface area (Å²) in [5.41, 5.74) is 0.668. The topological polar surface area (TPSA) is 87.1 Å². The summed E-state index contributed by atoms with van der Waals surface area (Å²) in [6, 6.07) is 8.69. The fourth-order valence-corrected chi connectivity index (χ4v) is 1.62. The monoisotopic (exact) mass is 286 g/mol. The molecule has 0 aliphatic rings. The maximum absolute atomic E-state index is 12.0. The highest BCUT2D eigenvalue weighted by Crippen LogP contribution is 2.14. The molecule has 3 N–H and O–H groups in total.